The number of amides is 2. The molecule has 2 N–H and O–H groups in total. The van der Waals surface area contributed by atoms with Crippen LogP contribution in [0.5, 0.6) is 0 Å². The molecule has 0 aromatic heterocycles. The number of ether oxygens (including phenoxy) is 4. The fourth-order valence-corrected chi connectivity index (χ4v) is 3.74. The van der Waals surface area contributed by atoms with E-state index in [-0.39, 0.29) is 43.9 Å². The SMILES string of the molecule is C=CCOC(=O)Cl.C=CCOC(=O)NC(=N)c1ccc(N2CC(OC)=C(c3ccc(CCC(=O)OC)cc3)C2=O)cc1. The Morgan fingerprint density at radius 1 is 1.00 bits per heavy atom. The van der Waals surface area contributed by atoms with Crippen LogP contribution in [0.1, 0.15) is 23.1 Å². The number of anilines is 1. The van der Waals surface area contributed by atoms with Gasteiger partial charge in [-0.05, 0) is 41.8 Å². The minimum Gasteiger partial charge on any atom is -0.498 e. The van der Waals surface area contributed by atoms with Gasteiger partial charge in [-0.15, -0.1) is 0 Å². The lowest BCUT2D eigenvalue weighted by Gasteiger charge is -2.17. The molecule has 0 saturated carbocycles. The van der Waals surface area contributed by atoms with Crippen molar-refractivity contribution in [1.82, 2.24) is 5.32 Å². The minimum atomic E-state index is -0.792. The maximum Gasteiger partial charge on any atom is 0.413 e. The molecule has 0 radical (unpaired) electrons. The first-order valence-electron chi connectivity index (χ1n) is 12.6. The molecule has 0 saturated heterocycles. The Kier molecular flexibility index (Phi) is 13.5. The van der Waals surface area contributed by atoms with E-state index in [0.29, 0.717) is 29.0 Å². The first-order chi connectivity index (χ1) is 20.1. The Balaban J connectivity index is 0.000000782. The zero-order valence-corrected chi connectivity index (χ0v) is 24.1. The lowest BCUT2D eigenvalue weighted by atomic mass is 10.0. The summed E-state index contributed by atoms with van der Waals surface area (Å²) in [4.78, 5) is 47.6. The quantitative estimate of drug-likeness (QED) is 0.0921. The molecular formula is C30H32ClN3O8. The molecule has 2 aromatic carbocycles. The number of esters is 1. The molecule has 0 spiro atoms. The van der Waals surface area contributed by atoms with Crippen molar-refractivity contribution in [3.8, 4) is 0 Å². The number of hydrogen-bond donors (Lipinski definition) is 2. The van der Waals surface area contributed by atoms with E-state index in [9.17, 15) is 19.2 Å². The van der Waals surface area contributed by atoms with Crippen molar-refractivity contribution in [3.63, 3.8) is 0 Å². The molecule has 0 atom stereocenters. The number of benzene rings is 2. The van der Waals surface area contributed by atoms with E-state index in [1.165, 1.54) is 26.4 Å². The van der Waals surface area contributed by atoms with Gasteiger partial charge in [-0.2, -0.15) is 0 Å². The third-order valence-electron chi connectivity index (χ3n) is 5.72. The number of methoxy groups -OCH3 is 2. The zero-order chi connectivity index (χ0) is 31.1. The van der Waals surface area contributed by atoms with Crippen LogP contribution < -0.4 is 10.2 Å². The summed E-state index contributed by atoms with van der Waals surface area (Å²) in [5.41, 5.74) is 2.44. The van der Waals surface area contributed by atoms with Crippen LogP contribution in [0.15, 0.2) is 79.6 Å². The summed E-state index contributed by atoms with van der Waals surface area (Å²) in [6, 6.07) is 14.1. The fraction of sp³-hybridized carbons (Fsp3) is 0.233. The van der Waals surface area contributed by atoms with Gasteiger partial charge in [0, 0.05) is 29.3 Å². The van der Waals surface area contributed by atoms with Gasteiger partial charge in [-0.1, -0.05) is 49.6 Å². The van der Waals surface area contributed by atoms with Gasteiger partial charge in [0.25, 0.3) is 5.91 Å². The molecule has 3 rings (SSSR count). The van der Waals surface area contributed by atoms with Crippen LogP contribution in [0, 0.1) is 5.41 Å². The third kappa shape index (κ3) is 9.93. The normalized spacial score (nSPS) is 12.0. The Morgan fingerprint density at radius 2 is 1.62 bits per heavy atom. The van der Waals surface area contributed by atoms with Gasteiger partial charge in [0.15, 0.2) is 0 Å². The number of aryl methyl sites for hydroxylation is 1. The summed E-state index contributed by atoms with van der Waals surface area (Å²) in [7, 11) is 2.89. The number of nitrogens with zero attached hydrogens (tertiary/aromatic N) is 1. The van der Waals surface area contributed by atoms with Gasteiger partial charge < -0.3 is 23.8 Å². The highest BCUT2D eigenvalue weighted by molar-refractivity contribution is 6.61. The first-order valence-corrected chi connectivity index (χ1v) is 12.9. The number of hydrogen-bond acceptors (Lipinski definition) is 9. The van der Waals surface area contributed by atoms with Gasteiger partial charge in [0.05, 0.1) is 26.3 Å². The molecule has 2 amide bonds. The Bertz CT molecular complexity index is 1340. The molecule has 0 aliphatic carbocycles. The van der Waals surface area contributed by atoms with E-state index in [1.807, 2.05) is 24.3 Å². The third-order valence-corrected chi connectivity index (χ3v) is 5.82. The number of carbonyl (C=O) groups is 4. The molecule has 42 heavy (non-hydrogen) atoms. The first kappa shape index (κ1) is 33.3. The van der Waals surface area contributed by atoms with Gasteiger partial charge in [0.1, 0.15) is 24.8 Å². The van der Waals surface area contributed by atoms with Crippen molar-refractivity contribution in [1.29, 1.82) is 5.41 Å². The van der Waals surface area contributed by atoms with Crippen molar-refractivity contribution in [2.75, 3.05) is 38.9 Å². The average molecular weight is 598 g/mol. The summed E-state index contributed by atoms with van der Waals surface area (Å²) in [6.07, 6.45) is 2.96. The molecular weight excluding hydrogens is 566 g/mol. The molecule has 222 valence electrons. The fourth-order valence-electron chi connectivity index (χ4n) is 3.67. The standard InChI is InChI=1S/C26H27N3O6.C4H5ClO2/c1-4-15-35-26(32)28-24(27)19-10-12-20(13-11-19)29-16-21(33-2)23(25(29)31)18-8-5-17(6-9-18)7-14-22(30)34-3;1-2-3-7-4(5)6/h4-6,8-13H,1,7,14-16H2,2-3H3,(H2,27,28,32);2H,1,3H2. The maximum atomic E-state index is 13.3. The van der Waals surface area contributed by atoms with Gasteiger partial charge in [0.2, 0.25) is 0 Å². The highest BCUT2D eigenvalue weighted by atomic mass is 35.5. The van der Waals surface area contributed by atoms with Crippen LogP contribution in [0.2, 0.25) is 0 Å². The van der Waals surface area contributed by atoms with Crippen LogP contribution in [0.25, 0.3) is 5.57 Å². The summed E-state index contributed by atoms with van der Waals surface area (Å²) >= 11 is 4.75. The maximum absolute atomic E-state index is 13.3. The molecule has 0 unspecified atom stereocenters. The van der Waals surface area contributed by atoms with E-state index >= 15 is 0 Å². The van der Waals surface area contributed by atoms with Crippen LogP contribution in [0.4, 0.5) is 15.3 Å². The molecule has 1 aliphatic heterocycles. The van der Waals surface area contributed by atoms with Crippen LogP contribution in [-0.4, -0.2) is 63.2 Å². The number of alkyl carbamates (subject to hydrolysis) is 1. The molecule has 1 heterocycles. The van der Waals surface area contributed by atoms with Crippen molar-refractivity contribution in [3.05, 3.63) is 96.3 Å². The molecule has 0 fully saturated rings. The molecule has 2 aromatic rings. The largest absolute Gasteiger partial charge is 0.498 e. The van der Waals surface area contributed by atoms with Gasteiger partial charge in [-0.3, -0.25) is 20.3 Å². The van der Waals surface area contributed by atoms with Gasteiger partial charge in [-0.25, -0.2) is 9.59 Å². The average Bonchev–Trinajstić information content (AvgIpc) is 3.34. The summed E-state index contributed by atoms with van der Waals surface area (Å²) < 4.78 is 19.2. The second-order valence-electron chi connectivity index (χ2n) is 8.44. The zero-order valence-electron chi connectivity index (χ0n) is 23.3. The topological polar surface area (TPSA) is 144 Å². The summed E-state index contributed by atoms with van der Waals surface area (Å²) in [5.74, 6) is -0.0643. The lowest BCUT2D eigenvalue weighted by Crippen LogP contribution is -2.31. The molecule has 0 bridgehead atoms. The summed E-state index contributed by atoms with van der Waals surface area (Å²) in [5, 5.41) is 10.4. The van der Waals surface area contributed by atoms with E-state index in [4.69, 9.17) is 26.5 Å². The van der Waals surface area contributed by atoms with E-state index < -0.39 is 11.5 Å². The summed E-state index contributed by atoms with van der Waals surface area (Å²) in [6.45, 7) is 7.25. The number of halogens is 1. The monoisotopic (exact) mass is 597 g/mol. The van der Waals surface area contributed by atoms with E-state index in [2.05, 4.69) is 27.9 Å². The van der Waals surface area contributed by atoms with Crippen LogP contribution >= 0.6 is 11.6 Å². The van der Waals surface area contributed by atoms with Crippen LogP contribution in [0.3, 0.4) is 0 Å². The van der Waals surface area contributed by atoms with E-state index in [1.54, 1.807) is 29.2 Å². The minimum absolute atomic E-state index is 0.0442. The smallest absolute Gasteiger partial charge is 0.413 e. The Hall–Kier alpha value is -4.90. The number of nitrogens with one attached hydrogen (secondary N) is 2. The van der Waals surface area contributed by atoms with Crippen molar-refractivity contribution < 1.29 is 38.1 Å². The highest BCUT2D eigenvalue weighted by Crippen LogP contribution is 2.32. The lowest BCUT2D eigenvalue weighted by molar-refractivity contribution is -0.140. The second-order valence-corrected chi connectivity index (χ2v) is 8.75. The number of rotatable bonds is 11. The van der Waals surface area contributed by atoms with Crippen LogP contribution in [-0.2, 0) is 35.0 Å². The van der Waals surface area contributed by atoms with Gasteiger partial charge >= 0.3 is 17.5 Å². The van der Waals surface area contributed by atoms with Crippen molar-refractivity contribution >= 4 is 52.1 Å². The van der Waals surface area contributed by atoms with Crippen molar-refractivity contribution in [2.45, 2.75) is 12.8 Å². The molecule has 11 nitrogen and oxygen atoms in total. The number of amidine groups is 1. The predicted octanol–water partition coefficient (Wildman–Crippen LogP) is 4.98. The molecule has 12 heteroatoms. The van der Waals surface area contributed by atoms with E-state index in [0.717, 1.165) is 11.1 Å². The second kappa shape index (κ2) is 17.0. The number of carbonyl (C=O) groups excluding carboxylic acids is 4. The van der Waals surface area contributed by atoms with Crippen molar-refractivity contribution in [2.24, 2.45) is 0 Å². The highest BCUT2D eigenvalue weighted by Gasteiger charge is 2.33. The Morgan fingerprint density at radius 3 is 2.14 bits per heavy atom. The molecule has 1 aliphatic rings. The predicted molar refractivity (Wildman–Crippen MR) is 158 cm³/mol. The Labute approximate surface area is 248 Å².